The van der Waals surface area contributed by atoms with E-state index in [4.69, 9.17) is 4.74 Å². The van der Waals surface area contributed by atoms with Gasteiger partial charge in [-0.25, -0.2) is 0 Å². The number of rotatable bonds is 6. The molecular weight excluding hydrogens is 270 g/mol. The minimum atomic E-state index is -0.215. The highest BCUT2D eigenvalue weighted by Crippen LogP contribution is 2.04. The smallest absolute Gasteiger partial charge is 0.292 e. The number of carbonyl (C=O) groups is 1. The van der Waals surface area contributed by atoms with Crippen molar-refractivity contribution in [2.24, 2.45) is 0 Å². The molecule has 114 valence electrons. The van der Waals surface area contributed by atoms with Crippen LogP contribution in [-0.4, -0.2) is 48.2 Å². The summed E-state index contributed by atoms with van der Waals surface area (Å²) in [6.45, 7) is 7.33. The van der Waals surface area contributed by atoms with E-state index < -0.39 is 0 Å². The molecule has 0 unspecified atom stereocenters. The monoisotopic (exact) mass is 291 g/mol. The number of amides is 1. The van der Waals surface area contributed by atoms with Gasteiger partial charge < -0.3 is 19.5 Å². The molecule has 1 aromatic rings. The lowest BCUT2D eigenvalue weighted by Gasteiger charge is -2.27. The summed E-state index contributed by atoms with van der Waals surface area (Å²) in [6.07, 6.45) is 3.59. The summed E-state index contributed by atoms with van der Waals surface area (Å²) in [4.78, 5) is 26.0. The van der Waals surface area contributed by atoms with Crippen molar-refractivity contribution < 1.29 is 9.53 Å². The highest BCUT2D eigenvalue weighted by molar-refractivity contribution is 5.76. The van der Waals surface area contributed by atoms with Crippen LogP contribution >= 0.6 is 0 Å². The Morgan fingerprint density at radius 2 is 2.19 bits per heavy atom. The van der Waals surface area contributed by atoms with Crippen molar-refractivity contribution in [1.82, 2.24) is 14.8 Å². The Morgan fingerprint density at radius 3 is 2.90 bits per heavy atom. The second kappa shape index (κ2) is 7.64. The van der Waals surface area contributed by atoms with E-state index >= 15 is 0 Å². The molecule has 0 saturated carbocycles. The van der Waals surface area contributed by atoms with Crippen molar-refractivity contribution in [2.75, 3.05) is 32.8 Å². The van der Waals surface area contributed by atoms with Crippen molar-refractivity contribution in [1.29, 1.82) is 0 Å². The third kappa shape index (κ3) is 4.19. The molecule has 1 fully saturated rings. The normalized spacial score (nSPS) is 14.8. The maximum atomic E-state index is 12.1. The highest BCUT2D eigenvalue weighted by Gasteiger charge is 2.16. The average Bonchev–Trinajstić information content (AvgIpc) is 2.53. The predicted octanol–water partition coefficient (Wildman–Crippen LogP) is 0.235. The maximum absolute atomic E-state index is 12.1. The van der Waals surface area contributed by atoms with Gasteiger partial charge in [-0.3, -0.25) is 9.59 Å². The van der Waals surface area contributed by atoms with Crippen LogP contribution in [0.5, 0.6) is 5.75 Å². The number of hydrogen-bond donors (Lipinski definition) is 1. The Bertz CT molecular complexity index is 547. The van der Waals surface area contributed by atoms with E-state index in [2.05, 4.69) is 11.9 Å². The van der Waals surface area contributed by atoms with E-state index in [0.29, 0.717) is 19.6 Å². The minimum absolute atomic E-state index is 0.0841. The fourth-order valence-corrected chi connectivity index (χ4v) is 2.24. The third-order valence-corrected chi connectivity index (χ3v) is 3.38. The van der Waals surface area contributed by atoms with E-state index in [1.54, 1.807) is 24.4 Å². The van der Waals surface area contributed by atoms with Crippen LogP contribution in [0.3, 0.4) is 0 Å². The van der Waals surface area contributed by atoms with Gasteiger partial charge in [0.05, 0.1) is 0 Å². The molecule has 6 heteroatoms. The lowest BCUT2D eigenvalue weighted by molar-refractivity contribution is -0.132. The number of nitrogens with one attached hydrogen (secondary N) is 1. The number of nitrogens with zero attached hydrogens (tertiary/aromatic N) is 2. The Labute approximate surface area is 124 Å². The van der Waals surface area contributed by atoms with Gasteiger partial charge in [-0.2, -0.15) is 0 Å². The predicted molar refractivity (Wildman–Crippen MR) is 80.5 cm³/mol. The second-order valence-electron chi connectivity index (χ2n) is 4.85. The fourth-order valence-electron chi connectivity index (χ4n) is 2.24. The van der Waals surface area contributed by atoms with Gasteiger partial charge in [-0.05, 0) is 12.1 Å². The van der Waals surface area contributed by atoms with Gasteiger partial charge in [0.25, 0.3) is 5.56 Å². The van der Waals surface area contributed by atoms with Gasteiger partial charge in [0, 0.05) is 45.3 Å². The van der Waals surface area contributed by atoms with Gasteiger partial charge in [-0.15, -0.1) is 0 Å². The Balaban J connectivity index is 1.94. The Morgan fingerprint density at radius 1 is 1.43 bits per heavy atom. The molecule has 1 aliphatic rings. The largest absolute Gasteiger partial charge is 0.484 e. The van der Waals surface area contributed by atoms with Gasteiger partial charge in [-0.1, -0.05) is 12.7 Å². The van der Waals surface area contributed by atoms with E-state index in [-0.39, 0.29) is 17.2 Å². The average molecular weight is 291 g/mol. The second-order valence-corrected chi connectivity index (χ2v) is 4.85. The zero-order valence-electron chi connectivity index (χ0n) is 12.1. The molecular formula is C15H21N3O3. The molecule has 1 amide bonds. The SMILES string of the molecule is C=CCOc1cccn(CCC(=O)N2CCNCC2)c1=O. The summed E-state index contributed by atoms with van der Waals surface area (Å²) < 4.78 is 6.81. The molecule has 0 bridgehead atoms. The molecule has 1 N–H and O–H groups in total. The summed E-state index contributed by atoms with van der Waals surface area (Å²) >= 11 is 0. The first-order valence-corrected chi connectivity index (χ1v) is 7.14. The van der Waals surface area contributed by atoms with Gasteiger partial charge in [0.1, 0.15) is 6.61 Å². The number of aryl methyl sites for hydroxylation is 1. The zero-order valence-corrected chi connectivity index (χ0v) is 12.1. The Hall–Kier alpha value is -2.08. The van der Waals surface area contributed by atoms with Crippen molar-refractivity contribution in [2.45, 2.75) is 13.0 Å². The van der Waals surface area contributed by atoms with E-state index in [9.17, 15) is 9.59 Å². The molecule has 0 aliphatic carbocycles. The lowest BCUT2D eigenvalue weighted by atomic mass is 10.3. The number of carbonyl (C=O) groups excluding carboxylic acids is 1. The first kappa shape index (κ1) is 15.3. The van der Waals surface area contributed by atoms with Crippen LogP contribution in [0.15, 0.2) is 35.8 Å². The topological polar surface area (TPSA) is 63.6 Å². The molecule has 2 rings (SSSR count). The van der Waals surface area contributed by atoms with Crippen molar-refractivity contribution in [3.8, 4) is 5.75 Å². The summed E-state index contributed by atoms with van der Waals surface area (Å²) in [5, 5.41) is 3.21. The van der Waals surface area contributed by atoms with Crippen LogP contribution in [-0.2, 0) is 11.3 Å². The molecule has 0 aromatic carbocycles. The van der Waals surface area contributed by atoms with E-state index in [1.165, 1.54) is 4.57 Å². The molecule has 0 spiro atoms. The van der Waals surface area contributed by atoms with Crippen LogP contribution in [0.2, 0.25) is 0 Å². The molecule has 6 nitrogen and oxygen atoms in total. The minimum Gasteiger partial charge on any atom is -0.484 e. The fraction of sp³-hybridized carbons (Fsp3) is 0.467. The molecule has 0 radical (unpaired) electrons. The van der Waals surface area contributed by atoms with Gasteiger partial charge >= 0.3 is 0 Å². The molecule has 1 aliphatic heterocycles. The van der Waals surface area contributed by atoms with E-state index in [1.807, 2.05) is 4.90 Å². The summed E-state index contributed by atoms with van der Waals surface area (Å²) in [7, 11) is 0. The molecule has 2 heterocycles. The third-order valence-electron chi connectivity index (χ3n) is 3.38. The van der Waals surface area contributed by atoms with Crippen LogP contribution < -0.4 is 15.6 Å². The molecule has 1 aromatic heterocycles. The zero-order chi connectivity index (χ0) is 15.1. The molecule has 0 atom stereocenters. The standard InChI is InChI=1S/C15H21N3O3/c1-2-12-21-13-4-3-8-18(15(13)20)9-5-14(19)17-10-6-16-7-11-17/h2-4,8,16H,1,5-7,9-12H2. The van der Waals surface area contributed by atoms with Crippen LogP contribution in [0, 0.1) is 0 Å². The number of ether oxygens (including phenoxy) is 1. The highest BCUT2D eigenvalue weighted by atomic mass is 16.5. The van der Waals surface area contributed by atoms with Gasteiger partial charge in [0.2, 0.25) is 5.91 Å². The molecule has 1 saturated heterocycles. The number of aromatic nitrogens is 1. The van der Waals surface area contributed by atoms with Crippen LogP contribution in [0.4, 0.5) is 0 Å². The van der Waals surface area contributed by atoms with E-state index in [0.717, 1.165) is 26.2 Å². The summed E-state index contributed by atoms with van der Waals surface area (Å²) in [5.74, 6) is 0.368. The summed E-state index contributed by atoms with van der Waals surface area (Å²) in [6, 6.07) is 3.37. The van der Waals surface area contributed by atoms with Crippen molar-refractivity contribution >= 4 is 5.91 Å². The lowest BCUT2D eigenvalue weighted by Crippen LogP contribution is -2.46. The van der Waals surface area contributed by atoms with Gasteiger partial charge in [0.15, 0.2) is 5.75 Å². The summed E-state index contributed by atoms with van der Waals surface area (Å²) in [5.41, 5.74) is -0.215. The maximum Gasteiger partial charge on any atom is 0.292 e. The number of hydrogen-bond acceptors (Lipinski definition) is 4. The first-order chi connectivity index (χ1) is 10.2. The quantitative estimate of drug-likeness (QED) is 0.762. The number of piperazine rings is 1. The van der Waals surface area contributed by atoms with Crippen LogP contribution in [0.1, 0.15) is 6.42 Å². The van der Waals surface area contributed by atoms with Crippen molar-refractivity contribution in [3.05, 3.63) is 41.3 Å². The Kier molecular flexibility index (Phi) is 5.57. The first-order valence-electron chi connectivity index (χ1n) is 7.14. The molecule has 21 heavy (non-hydrogen) atoms. The van der Waals surface area contributed by atoms with Crippen LogP contribution in [0.25, 0.3) is 0 Å². The number of pyridine rings is 1. The van der Waals surface area contributed by atoms with Crippen molar-refractivity contribution in [3.63, 3.8) is 0 Å².